The lowest BCUT2D eigenvalue weighted by Gasteiger charge is -2.07. The van der Waals surface area contributed by atoms with Gasteiger partial charge in [-0.2, -0.15) is 0 Å². The highest BCUT2D eigenvalue weighted by molar-refractivity contribution is 6.03. The molecular weight excluding hydrogens is 309 g/mol. The van der Waals surface area contributed by atoms with Gasteiger partial charge in [0.1, 0.15) is 5.82 Å². The molecule has 4 nitrogen and oxygen atoms in total. The van der Waals surface area contributed by atoms with Gasteiger partial charge in [0, 0.05) is 30.1 Å². The molecule has 24 heavy (non-hydrogen) atoms. The molecule has 1 N–H and O–H groups in total. The molecule has 0 bridgehead atoms. The van der Waals surface area contributed by atoms with E-state index < -0.39 is 11.8 Å². The second-order valence-corrected chi connectivity index (χ2v) is 5.58. The summed E-state index contributed by atoms with van der Waals surface area (Å²) in [6.07, 6.45) is 1.89. The van der Waals surface area contributed by atoms with Crippen LogP contribution in [0.5, 0.6) is 0 Å². The van der Waals surface area contributed by atoms with Crippen molar-refractivity contribution >= 4 is 22.7 Å². The molecule has 3 rings (SSSR count). The number of fused-ring (bicyclic) bond motifs is 1. The van der Waals surface area contributed by atoms with Gasteiger partial charge in [-0.25, -0.2) is 9.18 Å². The van der Waals surface area contributed by atoms with E-state index in [0.29, 0.717) is 24.0 Å². The molecule has 2 aromatic carbocycles. The Labute approximate surface area is 138 Å². The number of Topliss-reactive ketones (excluding diaryl/α,β-unsaturated/α-hetero) is 1. The van der Waals surface area contributed by atoms with Crippen molar-refractivity contribution in [2.24, 2.45) is 0 Å². The van der Waals surface area contributed by atoms with E-state index in [1.165, 1.54) is 12.3 Å². The maximum atomic E-state index is 14.0. The monoisotopic (exact) mass is 325 g/mol. The van der Waals surface area contributed by atoms with Crippen molar-refractivity contribution in [3.63, 3.8) is 0 Å². The largest absolute Gasteiger partial charge is 0.478 e. The van der Waals surface area contributed by atoms with Crippen LogP contribution in [0.1, 0.15) is 39.6 Å². The fourth-order valence-corrected chi connectivity index (χ4v) is 2.80. The average Bonchev–Trinajstić information content (AvgIpc) is 2.95. The highest BCUT2D eigenvalue weighted by atomic mass is 19.1. The van der Waals surface area contributed by atoms with Crippen molar-refractivity contribution in [3.05, 3.63) is 71.2 Å². The van der Waals surface area contributed by atoms with E-state index in [0.717, 1.165) is 5.56 Å². The maximum Gasteiger partial charge on any atom is 0.337 e. The Hall–Kier alpha value is -2.95. The van der Waals surface area contributed by atoms with Crippen LogP contribution in [-0.4, -0.2) is 21.4 Å². The minimum absolute atomic E-state index is 0.0547. The van der Waals surface area contributed by atoms with Gasteiger partial charge in [0.2, 0.25) is 0 Å². The van der Waals surface area contributed by atoms with Gasteiger partial charge in [-0.1, -0.05) is 37.3 Å². The molecule has 0 amide bonds. The lowest BCUT2D eigenvalue weighted by Crippen LogP contribution is -2.00. The number of aromatic nitrogens is 1. The first-order valence-electron chi connectivity index (χ1n) is 7.64. The van der Waals surface area contributed by atoms with E-state index in [1.807, 2.05) is 19.1 Å². The topological polar surface area (TPSA) is 59.3 Å². The van der Waals surface area contributed by atoms with Crippen LogP contribution in [0.15, 0.2) is 48.7 Å². The molecule has 1 heterocycles. The molecule has 0 aliphatic carbocycles. The molecule has 0 radical (unpaired) electrons. The molecule has 3 aromatic rings. The fraction of sp³-hybridized carbons (Fsp3) is 0.158. The smallest absolute Gasteiger partial charge is 0.337 e. The summed E-state index contributed by atoms with van der Waals surface area (Å²) in [5.74, 6) is -1.64. The van der Waals surface area contributed by atoms with Crippen molar-refractivity contribution in [1.29, 1.82) is 0 Å². The number of nitrogens with zero attached hydrogens (tertiary/aromatic N) is 1. The molecule has 5 heteroatoms. The third kappa shape index (κ3) is 2.80. The van der Waals surface area contributed by atoms with Gasteiger partial charge >= 0.3 is 5.97 Å². The number of hydrogen-bond acceptors (Lipinski definition) is 2. The Morgan fingerprint density at radius 1 is 1.12 bits per heavy atom. The Morgan fingerprint density at radius 3 is 2.46 bits per heavy atom. The van der Waals surface area contributed by atoms with Crippen molar-refractivity contribution in [1.82, 2.24) is 4.57 Å². The van der Waals surface area contributed by atoms with Crippen molar-refractivity contribution < 1.29 is 19.1 Å². The van der Waals surface area contributed by atoms with Crippen LogP contribution in [0.3, 0.4) is 0 Å². The third-order valence-corrected chi connectivity index (χ3v) is 4.04. The predicted octanol–water partition coefficient (Wildman–Crippen LogP) is 4.12. The highest BCUT2D eigenvalue weighted by Gasteiger charge is 2.17. The van der Waals surface area contributed by atoms with Crippen LogP contribution < -0.4 is 0 Å². The summed E-state index contributed by atoms with van der Waals surface area (Å²) in [4.78, 5) is 23.0. The van der Waals surface area contributed by atoms with Crippen molar-refractivity contribution in [2.75, 3.05) is 0 Å². The van der Waals surface area contributed by atoms with E-state index >= 15 is 0 Å². The maximum absolute atomic E-state index is 14.0. The van der Waals surface area contributed by atoms with Gasteiger partial charge < -0.3 is 9.67 Å². The van der Waals surface area contributed by atoms with Crippen molar-refractivity contribution in [3.8, 4) is 0 Å². The average molecular weight is 325 g/mol. The standard InChI is InChI=1S/C19H16FNO3/c1-2-17(22)13-8-6-12(7-9-13)10-21-11-14(19(23)24)18-15(20)4-3-5-16(18)21/h3-9,11H,2,10H2,1H3,(H,23,24). The van der Waals surface area contributed by atoms with Crippen LogP contribution in [0.2, 0.25) is 0 Å². The Balaban J connectivity index is 2.00. The summed E-state index contributed by atoms with van der Waals surface area (Å²) in [7, 11) is 0. The lowest BCUT2D eigenvalue weighted by atomic mass is 10.1. The first-order valence-corrected chi connectivity index (χ1v) is 7.64. The van der Waals surface area contributed by atoms with Gasteiger partial charge in [-0.05, 0) is 17.7 Å². The van der Waals surface area contributed by atoms with Crippen LogP contribution in [0, 0.1) is 5.82 Å². The predicted molar refractivity (Wildman–Crippen MR) is 89.0 cm³/mol. The first-order chi connectivity index (χ1) is 11.5. The zero-order valence-electron chi connectivity index (χ0n) is 13.1. The van der Waals surface area contributed by atoms with Crippen LogP contribution in [0.4, 0.5) is 4.39 Å². The number of rotatable bonds is 5. The van der Waals surface area contributed by atoms with E-state index in [9.17, 15) is 19.1 Å². The minimum Gasteiger partial charge on any atom is -0.478 e. The van der Waals surface area contributed by atoms with Gasteiger partial charge in [-0.3, -0.25) is 4.79 Å². The van der Waals surface area contributed by atoms with Crippen LogP contribution in [-0.2, 0) is 6.54 Å². The van der Waals surface area contributed by atoms with Gasteiger partial charge in [0.05, 0.1) is 11.1 Å². The molecule has 0 atom stereocenters. The summed E-state index contributed by atoms with van der Waals surface area (Å²) in [6.45, 7) is 2.21. The zero-order chi connectivity index (χ0) is 17.3. The molecule has 1 aromatic heterocycles. The van der Waals surface area contributed by atoms with Crippen LogP contribution in [0.25, 0.3) is 10.9 Å². The summed E-state index contributed by atoms with van der Waals surface area (Å²) in [6, 6.07) is 11.7. The Bertz CT molecular complexity index is 926. The molecule has 0 saturated heterocycles. The van der Waals surface area contributed by atoms with Crippen molar-refractivity contribution in [2.45, 2.75) is 19.9 Å². The van der Waals surface area contributed by atoms with Gasteiger partial charge in [-0.15, -0.1) is 0 Å². The number of carbonyl (C=O) groups is 2. The van der Waals surface area contributed by atoms with E-state index in [1.54, 1.807) is 28.8 Å². The second kappa shape index (κ2) is 6.28. The molecule has 0 unspecified atom stereocenters. The van der Waals surface area contributed by atoms with Crippen LogP contribution >= 0.6 is 0 Å². The number of carbonyl (C=O) groups excluding carboxylic acids is 1. The van der Waals surface area contributed by atoms with Gasteiger partial charge in [0.15, 0.2) is 5.78 Å². The van der Waals surface area contributed by atoms with Gasteiger partial charge in [0.25, 0.3) is 0 Å². The summed E-state index contributed by atoms with van der Waals surface area (Å²) < 4.78 is 15.7. The summed E-state index contributed by atoms with van der Waals surface area (Å²) >= 11 is 0. The second-order valence-electron chi connectivity index (χ2n) is 5.58. The Kier molecular flexibility index (Phi) is 4.16. The molecular formula is C19H16FNO3. The first kappa shape index (κ1) is 15.9. The number of hydrogen-bond donors (Lipinski definition) is 1. The fourth-order valence-electron chi connectivity index (χ4n) is 2.80. The number of carboxylic acids is 1. The number of aromatic carboxylic acids is 1. The SMILES string of the molecule is CCC(=O)c1ccc(Cn2cc(C(=O)O)c3c(F)cccc32)cc1. The number of benzene rings is 2. The highest BCUT2D eigenvalue weighted by Crippen LogP contribution is 2.25. The molecule has 0 aliphatic rings. The molecule has 122 valence electrons. The number of ketones is 1. The number of carboxylic acid groups (broad SMARTS) is 1. The molecule has 0 aliphatic heterocycles. The normalized spacial score (nSPS) is 10.9. The quantitative estimate of drug-likeness (QED) is 0.718. The summed E-state index contributed by atoms with van der Waals surface area (Å²) in [5.41, 5.74) is 2.03. The number of halogens is 1. The Morgan fingerprint density at radius 2 is 1.83 bits per heavy atom. The van der Waals surface area contributed by atoms with E-state index in [-0.39, 0.29) is 16.7 Å². The minimum atomic E-state index is -1.16. The third-order valence-electron chi connectivity index (χ3n) is 4.04. The van der Waals surface area contributed by atoms with E-state index in [4.69, 9.17) is 0 Å². The summed E-state index contributed by atoms with van der Waals surface area (Å²) in [5, 5.41) is 9.41. The van der Waals surface area contributed by atoms with E-state index in [2.05, 4.69) is 0 Å². The molecule has 0 spiro atoms. The molecule has 0 saturated carbocycles. The zero-order valence-corrected chi connectivity index (χ0v) is 13.1. The molecule has 0 fully saturated rings. The lowest BCUT2D eigenvalue weighted by molar-refractivity contribution is 0.0698.